The number of aryl methyl sites for hydroxylation is 1. The molecule has 0 aliphatic heterocycles. The normalized spacial score (nSPS) is 12.3. The predicted molar refractivity (Wildman–Crippen MR) is 96.1 cm³/mol. The van der Waals surface area contributed by atoms with E-state index in [4.69, 9.17) is 4.42 Å². The molecule has 6 nitrogen and oxygen atoms in total. The van der Waals surface area contributed by atoms with Crippen molar-refractivity contribution in [2.45, 2.75) is 46.1 Å². The summed E-state index contributed by atoms with van der Waals surface area (Å²) >= 11 is 0. The molecule has 0 aliphatic carbocycles. The fourth-order valence-corrected chi connectivity index (χ4v) is 2.09. The largest absolute Gasteiger partial charge is 0.443 e. The van der Waals surface area contributed by atoms with Crippen molar-refractivity contribution in [1.29, 1.82) is 0 Å². The zero-order chi connectivity index (χ0) is 17.6. The smallest absolute Gasteiger partial charge is 0.213 e. The number of hydrogen-bond acceptors (Lipinski definition) is 4. The molecule has 0 amide bonds. The molecule has 6 heteroatoms. The van der Waals surface area contributed by atoms with E-state index in [1.165, 1.54) is 5.56 Å². The van der Waals surface area contributed by atoms with Crippen LogP contribution in [0, 0.1) is 6.92 Å². The number of aliphatic imine (C=N–C) groups is 1. The third kappa shape index (κ3) is 5.37. The monoisotopic (exact) mass is 329 g/mol. The highest BCUT2D eigenvalue weighted by Crippen LogP contribution is 2.22. The molecule has 130 valence electrons. The molecular weight excluding hydrogens is 302 g/mol. The number of pyridine rings is 1. The van der Waals surface area contributed by atoms with Gasteiger partial charge in [-0.25, -0.2) is 4.98 Å². The van der Waals surface area contributed by atoms with Gasteiger partial charge in [-0.2, -0.15) is 0 Å². The Morgan fingerprint density at radius 2 is 1.96 bits per heavy atom. The van der Waals surface area contributed by atoms with Gasteiger partial charge in [0.15, 0.2) is 5.96 Å². The number of hydrogen-bond donors (Lipinski definition) is 2. The third-order valence-corrected chi connectivity index (χ3v) is 3.60. The molecule has 0 bridgehead atoms. The molecule has 0 saturated heterocycles. The lowest BCUT2D eigenvalue weighted by Gasteiger charge is -2.13. The first-order valence-electron chi connectivity index (χ1n) is 8.19. The molecule has 2 aromatic heterocycles. The van der Waals surface area contributed by atoms with Crippen molar-refractivity contribution in [1.82, 2.24) is 20.6 Å². The van der Waals surface area contributed by atoms with Crippen LogP contribution >= 0.6 is 0 Å². The Hall–Kier alpha value is -2.37. The highest BCUT2D eigenvalue weighted by molar-refractivity contribution is 5.79. The van der Waals surface area contributed by atoms with E-state index in [1.807, 2.05) is 19.2 Å². The number of nitrogens with zero attached hydrogens (tertiary/aromatic N) is 3. The summed E-state index contributed by atoms with van der Waals surface area (Å²) in [5.41, 5.74) is 2.20. The van der Waals surface area contributed by atoms with Crippen molar-refractivity contribution in [2.24, 2.45) is 4.99 Å². The van der Waals surface area contributed by atoms with Gasteiger partial charge in [0.05, 0.1) is 12.7 Å². The molecule has 2 rings (SSSR count). The van der Waals surface area contributed by atoms with Gasteiger partial charge in [0.1, 0.15) is 5.76 Å². The van der Waals surface area contributed by atoms with Crippen LogP contribution in [0.25, 0.3) is 0 Å². The molecule has 0 aliphatic rings. The summed E-state index contributed by atoms with van der Waals surface area (Å²) in [4.78, 5) is 12.8. The Morgan fingerprint density at radius 1 is 1.17 bits per heavy atom. The lowest BCUT2D eigenvalue weighted by Crippen LogP contribution is -2.37. The van der Waals surface area contributed by atoms with Crippen molar-refractivity contribution >= 4 is 5.96 Å². The maximum absolute atomic E-state index is 5.76. The highest BCUT2D eigenvalue weighted by atomic mass is 16.4. The number of guanidine groups is 1. The van der Waals surface area contributed by atoms with Gasteiger partial charge in [-0.3, -0.25) is 9.98 Å². The molecule has 0 atom stereocenters. The van der Waals surface area contributed by atoms with E-state index in [0.717, 1.165) is 30.4 Å². The Bertz CT molecular complexity index is 667. The first kappa shape index (κ1) is 18.0. The number of rotatable bonds is 5. The van der Waals surface area contributed by atoms with Crippen LogP contribution in [0.2, 0.25) is 0 Å². The fourth-order valence-electron chi connectivity index (χ4n) is 2.09. The van der Waals surface area contributed by atoms with Gasteiger partial charge in [0, 0.05) is 30.9 Å². The topological polar surface area (TPSA) is 75.3 Å². The molecule has 0 fully saturated rings. The van der Waals surface area contributed by atoms with Gasteiger partial charge in [-0.1, -0.05) is 26.8 Å². The maximum Gasteiger partial charge on any atom is 0.213 e. The van der Waals surface area contributed by atoms with Crippen LogP contribution in [0.3, 0.4) is 0 Å². The summed E-state index contributed by atoms with van der Waals surface area (Å²) in [6, 6.07) is 4.12. The SMILES string of the molecule is CN=C(NCCc1ccc(C)nc1)NCc1ncc(C(C)(C)C)o1. The second-order valence-electron chi connectivity index (χ2n) is 6.78. The summed E-state index contributed by atoms with van der Waals surface area (Å²) in [6.45, 7) is 9.58. The summed E-state index contributed by atoms with van der Waals surface area (Å²) in [5, 5.41) is 6.49. The Balaban J connectivity index is 1.78. The van der Waals surface area contributed by atoms with Gasteiger partial charge >= 0.3 is 0 Å². The zero-order valence-corrected chi connectivity index (χ0v) is 15.2. The van der Waals surface area contributed by atoms with Gasteiger partial charge in [0.2, 0.25) is 5.89 Å². The van der Waals surface area contributed by atoms with E-state index in [2.05, 4.69) is 52.4 Å². The lowest BCUT2D eigenvalue weighted by atomic mass is 9.94. The molecule has 2 N–H and O–H groups in total. The molecule has 0 aromatic carbocycles. The van der Waals surface area contributed by atoms with Gasteiger partial charge in [-0.05, 0) is 25.0 Å². The number of nitrogens with one attached hydrogen (secondary N) is 2. The van der Waals surface area contributed by atoms with E-state index in [0.29, 0.717) is 12.4 Å². The van der Waals surface area contributed by atoms with Crippen LogP contribution in [0.4, 0.5) is 0 Å². The second kappa shape index (κ2) is 7.95. The number of aromatic nitrogens is 2. The van der Waals surface area contributed by atoms with Crippen LogP contribution in [-0.2, 0) is 18.4 Å². The van der Waals surface area contributed by atoms with Gasteiger partial charge in [-0.15, -0.1) is 0 Å². The average molecular weight is 329 g/mol. The summed E-state index contributed by atoms with van der Waals surface area (Å²) in [7, 11) is 1.75. The third-order valence-electron chi connectivity index (χ3n) is 3.60. The standard InChI is InChI=1S/C18H27N5O/c1-13-6-7-14(10-21-13)8-9-20-17(19-5)23-12-16-22-11-15(24-16)18(2,3)4/h6-7,10-11H,8-9,12H2,1-5H3,(H2,19,20,23). The number of oxazole rings is 1. The minimum Gasteiger partial charge on any atom is -0.443 e. The van der Waals surface area contributed by atoms with Crippen LogP contribution in [0.5, 0.6) is 0 Å². The van der Waals surface area contributed by atoms with Crippen molar-refractivity contribution in [3.8, 4) is 0 Å². The van der Waals surface area contributed by atoms with Crippen molar-refractivity contribution < 1.29 is 4.42 Å². The molecule has 2 aromatic rings. The van der Waals surface area contributed by atoms with Gasteiger partial charge < -0.3 is 15.1 Å². The van der Waals surface area contributed by atoms with E-state index in [9.17, 15) is 0 Å². The summed E-state index contributed by atoms with van der Waals surface area (Å²) in [6.07, 6.45) is 4.59. The first-order chi connectivity index (χ1) is 11.4. The zero-order valence-electron chi connectivity index (χ0n) is 15.2. The van der Waals surface area contributed by atoms with Crippen molar-refractivity contribution in [3.05, 3.63) is 47.4 Å². The van der Waals surface area contributed by atoms with Crippen LogP contribution in [0.1, 0.15) is 43.7 Å². The molecule has 0 unspecified atom stereocenters. The minimum atomic E-state index is -0.0345. The average Bonchev–Trinajstić information content (AvgIpc) is 3.01. The van der Waals surface area contributed by atoms with E-state index >= 15 is 0 Å². The van der Waals surface area contributed by atoms with Gasteiger partial charge in [0.25, 0.3) is 0 Å². The lowest BCUT2D eigenvalue weighted by molar-refractivity contribution is 0.379. The first-order valence-corrected chi connectivity index (χ1v) is 8.19. The predicted octanol–water partition coefficient (Wildman–Crippen LogP) is 2.58. The maximum atomic E-state index is 5.76. The Morgan fingerprint density at radius 3 is 2.54 bits per heavy atom. The van der Waals surface area contributed by atoms with E-state index in [-0.39, 0.29) is 5.41 Å². The highest BCUT2D eigenvalue weighted by Gasteiger charge is 2.19. The van der Waals surface area contributed by atoms with Crippen LogP contribution in [-0.4, -0.2) is 29.5 Å². The summed E-state index contributed by atoms with van der Waals surface area (Å²) < 4.78 is 5.76. The molecule has 2 heterocycles. The molecule has 24 heavy (non-hydrogen) atoms. The molecule has 0 spiro atoms. The molecule has 0 saturated carbocycles. The van der Waals surface area contributed by atoms with Crippen LogP contribution < -0.4 is 10.6 Å². The second-order valence-corrected chi connectivity index (χ2v) is 6.78. The molecular formula is C18H27N5O. The van der Waals surface area contributed by atoms with E-state index in [1.54, 1.807) is 13.2 Å². The minimum absolute atomic E-state index is 0.0345. The van der Waals surface area contributed by atoms with Crippen molar-refractivity contribution in [3.63, 3.8) is 0 Å². The Labute approximate surface area is 143 Å². The van der Waals surface area contributed by atoms with Crippen molar-refractivity contribution in [2.75, 3.05) is 13.6 Å². The van der Waals surface area contributed by atoms with Crippen LogP contribution in [0.15, 0.2) is 33.9 Å². The molecule has 0 radical (unpaired) electrons. The fraction of sp³-hybridized carbons (Fsp3) is 0.500. The quantitative estimate of drug-likeness (QED) is 0.651. The van der Waals surface area contributed by atoms with E-state index < -0.39 is 0 Å². The summed E-state index contributed by atoms with van der Waals surface area (Å²) in [5.74, 6) is 2.27. The Kier molecular flexibility index (Phi) is 5.95.